The van der Waals surface area contributed by atoms with Crippen molar-refractivity contribution in [3.8, 4) is 0 Å². The molecule has 1 atom stereocenters. The summed E-state index contributed by atoms with van der Waals surface area (Å²) < 4.78 is 2.43. The second-order valence-electron chi connectivity index (χ2n) is 7.84. The van der Waals surface area contributed by atoms with Crippen molar-refractivity contribution in [3.05, 3.63) is 11.6 Å². The van der Waals surface area contributed by atoms with E-state index in [-0.39, 0.29) is 6.04 Å². The maximum Gasteiger partial charge on any atom is 0.136 e. The van der Waals surface area contributed by atoms with E-state index in [1.54, 1.807) is 0 Å². The van der Waals surface area contributed by atoms with Gasteiger partial charge < -0.3 is 10.3 Å². The van der Waals surface area contributed by atoms with Crippen LogP contribution in [0.4, 0.5) is 0 Å². The van der Waals surface area contributed by atoms with Crippen LogP contribution < -0.4 is 5.73 Å². The summed E-state index contributed by atoms with van der Waals surface area (Å²) in [7, 11) is 0. The largest absolute Gasteiger partial charge is 0.327 e. The van der Waals surface area contributed by atoms with Gasteiger partial charge in [-0.1, -0.05) is 0 Å². The van der Waals surface area contributed by atoms with Gasteiger partial charge in [0.05, 0.1) is 0 Å². The number of rotatable bonds is 1. The number of aromatic nitrogens is 3. The fraction of sp³-hybridized carbons (Fsp3) is 0.875. The third kappa shape index (κ3) is 1.57. The molecule has 20 heavy (non-hydrogen) atoms. The molecule has 0 aromatic carbocycles. The minimum absolute atomic E-state index is 0.290. The van der Waals surface area contributed by atoms with E-state index in [0.29, 0.717) is 5.92 Å². The number of nitrogens with zero attached hydrogens (tertiary/aromatic N) is 3. The lowest BCUT2D eigenvalue weighted by Crippen LogP contribution is -2.45. The zero-order valence-corrected chi connectivity index (χ0v) is 12.0. The molecule has 4 bridgehead atoms. The molecule has 2 heterocycles. The molecule has 1 aromatic rings. The van der Waals surface area contributed by atoms with Crippen molar-refractivity contribution in [2.45, 2.75) is 63.5 Å². The van der Waals surface area contributed by atoms with E-state index in [0.717, 1.165) is 48.9 Å². The molecular weight excluding hydrogens is 248 g/mol. The van der Waals surface area contributed by atoms with Crippen molar-refractivity contribution in [2.24, 2.45) is 29.4 Å². The fourth-order valence-electron chi connectivity index (χ4n) is 5.97. The summed E-state index contributed by atoms with van der Waals surface area (Å²) >= 11 is 0. The summed E-state index contributed by atoms with van der Waals surface area (Å²) in [5.41, 5.74) is 6.07. The molecule has 0 saturated heterocycles. The maximum atomic E-state index is 6.07. The molecular formula is C16H24N4. The molecule has 2 N–H and O–H groups in total. The maximum absolute atomic E-state index is 6.07. The van der Waals surface area contributed by atoms with Crippen LogP contribution in [0.2, 0.25) is 0 Å². The van der Waals surface area contributed by atoms with E-state index in [1.165, 1.54) is 37.9 Å². The standard InChI is InChI=1S/C16H24N4/c17-13-1-2-20-14(8-13)18-19-16(20)15-11-4-9-3-10(6-11)7-12(15)5-9/h9-13,15H,1-8,17H2. The molecule has 4 heteroatoms. The van der Waals surface area contributed by atoms with Crippen molar-refractivity contribution in [1.29, 1.82) is 0 Å². The summed E-state index contributed by atoms with van der Waals surface area (Å²) in [6.45, 7) is 1.04. The lowest BCUT2D eigenvalue weighted by Gasteiger charge is -2.54. The molecule has 6 rings (SSSR count). The Morgan fingerprint density at radius 2 is 1.65 bits per heavy atom. The topological polar surface area (TPSA) is 56.7 Å². The van der Waals surface area contributed by atoms with Crippen molar-refractivity contribution in [3.63, 3.8) is 0 Å². The third-order valence-electron chi connectivity index (χ3n) is 6.55. The zero-order valence-electron chi connectivity index (χ0n) is 12.0. The Labute approximate surface area is 120 Å². The first-order valence-corrected chi connectivity index (χ1v) is 8.45. The summed E-state index contributed by atoms with van der Waals surface area (Å²) in [6.07, 6.45) is 9.36. The molecule has 0 amide bonds. The Bertz CT molecular complexity index is 507. The minimum atomic E-state index is 0.290. The van der Waals surface area contributed by atoms with E-state index in [2.05, 4.69) is 14.8 Å². The Balaban J connectivity index is 1.51. The summed E-state index contributed by atoms with van der Waals surface area (Å²) in [6, 6.07) is 0.290. The number of hydrogen-bond donors (Lipinski definition) is 1. The predicted molar refractivity (Wildman–Crippen MR) is 76.1 cm³/mol. The highest BCUT2D eigenvalue weighted by molar-refractivity contribution is 5.14. The first kappa shape index (κ1) is 11.7. The van der Waals surface area contributed by atoms with Crippen LogP contribution in [0.5, 0.6) is 0 Å². The first-order chi connectivity index (χ1) is 9.78. The average molecular weight is 272 g/mol. The fourth-order valence-corrected chi connectivity index (χ4v) is 5.97. The van der Waals surface area contributed by atoms with Gasteiger partial charge in [0, 0.05) is 24.9 Å². The number of hydrogen-bond acceptors (Lipinski definition) is 3. The molecule has 1 unspecified atom stereocenters. The lowest BCUT2D eigenvalue weighted by atomic mass is 9.51. The van der Waals surface area contributed by atoms with Crippen LogP contribution in [-0.4, -0.2) is 20.8 Å². The quantitative estimate of drug-likeness (QED) is 0.851. The van der Waals surface area contributed by atoms with Crippen molar-refractivity contribution in [2.75, 3.05) is 0 Å². The molecule has 4 nitrogen and oxygen atoms in total. The highest BCUT2D eigenvalue weighted by Crippen LogP contribution is 2.59. The highest BCUT2D eigenvalue weighted by atomic mass is 15.3. The van der Waals surface area contributed by atoms with Crippen LogP contribution in [0, 0.1) is 23.7 Å². The molecule has 4 fully saturated rings. The van der Waals surface area contributed by atoms with Crippen LogP contribution in [0.25, 0.3) is 0 Å². The van der Waals surface area contributed by atoms with E-state index in [9.17, 15) is 0 Å². The average Bonchev–Trinajstić information content (AvgIpc) is 2.80. The first-order valence-electron chi connectivity index (χ1n) is 8.45. The summed E-state index contributed by atoms with van der Waals surface area (Å²) in [5, 5.41) is 9.11. The Morgan fingerprint density at radius 3 is 2.35 bits per heavy atom. The Hall–Kier alpha value is -0.900. The van der Waals surface area contributed by atoms with Gasteiger partial charge in [0.2, 0.25) is 0 Å². The van der Waals surface area contributed by atoms with Gasteiger partial charge in [-0.15, -0.1) is 10.2 Å². The Kier molecular flexibility index (Phi) is 2.38. The van der Waals surface area contributed by atoms with Crippen molar-refractivity contribution < 1.29 is 0 Å². The monoisotopic (exact) mass is 272 g/mol. The SMILES string of the molecule is NC1CCn2c(nnc2C2C3CC4CC(C3)CC2C4)C1. The molecule has 1 aliphatic heterocycles. The Morgan fingerprint density at radius 1 is 0.950 bits per heavy atom. The van der Waals surface area contributed by atoms with Gasteiger partial charge in [0.1, 0.15) is 11.6 Å². The zero-order chi connectivity index (χ0) is 13.3. The van der Waals surface area contributed by atoms with Crippen LogP contribution in [0.3, 0.4) is 0 Å². The molecule has 5 aliphatic rings. The van der Waals surface area contributed by atoms with E-state index in [1.807, 2.05) is 0 Å². The molecule has 4 saturated carbocycles. The highest BCUT2D eigenvalue weighted by Gasteiger charge is 2.50. The van der Waals surface area contributed by atoms with Gasteiger partial charge in [-0.2, -0.15) is 0 Å². The number of fused-ring (bicyclic) bond motifs is 1. The molecule has 1 aromatic heterocycles. The molecule has 0 spiro atoms. The second kappa shape index (κ2) is 4.06. The van der Waals surface area contributed by atoms with Crippen LogP contribution in [-0.2, 0) is 13.0 Å². The third-order valence-corrected chi connectivity index (χ3v) is 6.55. The second-order valence-corrected chi connectivity index (χ2v) is 7.84. The van der Waals surface area contributed by atoms with Gasteiger partial charge in [0.15, 0.2) is 0 Å². The predicted octanol–water partition coefficient (Wildman–Crippen LogP) is 2.09. The normalized spacial score (nSPS) is 45.6. The van der Waals surface area contributed by atoms with Crippen LogP contribution in [0.1, 0.15) is 56.1 Å². The van der Waals surface area contributed by atoms with Crippen molar-refractivity contribution >= 4 is 0 Å². The van der Waals surface area contributed by atoms with Crippen molar-refractivity contribution in [1.82, 2.24) is 14.8 Å². The van der Waals surface area contributed by atoms with Gasteiger partial charge in [-0.05, 0) is 62.2 Å². The molecule has 4 aliphatic carbocycles. The smallest absolute Gasteiger partial charge is 0.136 e. The van der Waals surface area contributed by atoms with Gasteiger partial charge in [0.25, 0.3) is 0 Å². The van der Waals surface area contributed by atoms with Crippen LogP contribution >= 0.6 is 0 Å². The van der Waals surface area contributed by atoms with Crippen LogP contribution in [0.15, 0.2) is 0 Å². The van der Waals surface area contributed by atoms with E-state index < -0.39 is 0 Å². The van der Waals surface area contributed by atoms with Gasteiger partial charge in [-0.25, -0.2) is 0 Å². The molecule has 0 radical (unpaired) electrons. The van der Waals surface area contributed by atoms with E-state index in [4.69, 9.17) is 5.73 Å². The summed E-state index contributed by atoms with van der Waals surface area (Å²) in [5.74, 6) is 7.04. The lowest BCUT2D eigenvalue weighted by molar-refractivity contribution is -0.00707. The number of nitrogens with two attached hydrogens (primary N) is 1. The summed E-state index contributed by atoms with van der Waals surface area (Å²) in [4.78, 5) is 0. The van der Waals surface area contributed by atoms with Gasteiger partial charge in [-0.3, -0.25) is 0 Å². The minimum Gasteiger partial charge on any atom is -0.327 e. The molecule has 108 valence electrons. The van der Waals surface area contributed by atoms with Gasteiger partial charge >= 0.3 is 0 Å². The van der Waals surface area contributed by atoms with E-state index >= 15 is 0 Å².